The number of aryl methyl sites for hydroxylation is 2. The molecule has 0 radical (unpaired) electrons. The van der Waals surface area contributed by atoms with Gasteiger partial charge in [-0.05, 0) is 46.1 Å². The molecule has 0 aliphatic heterocycles. The standard InChI is InChI=1S/C15H29N3O/c1-6-7-18-14(5)15(13(4)17-18)10-16-9-11(2)8-12(3)19/h11-12,16,19H,6-10H2,1-5H3. The second-order valence-corrected chi connectivity index (χ2v) is 5.69. The molecule has 1 aromatic heterocycles. The highest BCUT2D eigenvalue weighted by Gasteiger charge is 2.11. The maximum absolute atomic E-state index is 9.35. The normalized spacial score (nSPS) is 14.6. The highest BCUT2D eigenvalue weighted by molar-refractivity contribution is 5.24. The fourth-order valence-corrected chi connectivity index (χ4v) is 2.53. The first kappa shape index (κ1) is 16.2. The van der Waals surface area contributed by atoms with Crippen molar-refractivity contribution >= 4 is 0 Å². The van der Waals surface area contributed by atoms with Crippen LogP contribution in [0.3, 0.4) is 0 Å². The molecule has 0 spiro atoms. The summed E-state index contributed by atoms with van der Waals surface area (Å²) in [5.41, 5.74) is 3.72. The minimum absolute atomic E-state index is 0.215. The molecule has 0 bridgehead atoms. The van der Waals surface area contributed by atoms with Crippen molar-refractivity contribution in [3.05, 3.63) is 17.0 Å². The van der Waals surface area contributed by atoms with Crippen LogP contribution in [-0.4, -0.2) is 27.5 Å². The van der Waals surface area contributed by atoms with Gasteiger partial charge in [0.15, 0.2) is 0 Å². The van der Waals surface area contributed by atoms with Crippen LogP contribution in [0, 0.1) is 19.8 Å². The smallest absolute Gasteiger partial charge is 0.0641 e. The summed E-state index contributed by atoms with van der Waals surface area (Å²) >= 11 is 0. The van der Waals surface area contributed by atoms with Crippen LogP contribution < -0.4 is 5.32 Å². The van der Waals surface area contributed by atoms with E-state index in [2.05, 4.69) is 42.8 Å². The molecular weight excluding hydrogens is 238 g/mol. The molecule has 1 heterocycles. The summed E-state index contributed by atoms with van der Waals surface area (Å²) in [5.74, 6) is 0.492. The maximum atomic E-state index is 9.35. The van der Waals surface area contributed by atoms with Crippen LogP contribution in [0.5, 0.6) is 0 Å². The molecule has 0 aromatic carbocycles. The van der Waals surface area contributed by atoms with Crippen molar-refractivity contribution in [1.29, 1.82) is 0 Å². The van der Waals surface area contributed by atoms with Crippen molar-refractivity contribution < 1.29 is 5.11 Å². The van der Waals surface area contributed by atoms with Crippen molar-refractivity contribution in [2.24, 2.45) is 5.92 Å². The number of hydrogen-bond acceptors (Lipinski definition) is 3. The van der Waals surface area contributed by atoms with E-state index in [9.17, 15) is 5.11 Å². The molecule has 0 aliphatic carbocycles. The number of nitrogens with one attached hydrogen (secondary N) is 1. The summed E-state index contributed by atoms with van der Waals surface area (Å²) in [6.07, 6.45) is 1.74. The van der Waals surface area contributed by atoms with E-state index < -0.39 is 0 Å². The lowest BCUT2D eigenvalue weighted by Crippen LogP contribution is -2.23. The third-order valence-electron chi connectivity index (χ3n) is 3.50. The molecule has 1 rings (SSSR count). The van der Waals surface area contributed by atoms with Crippen LogP contribution in [-0.2, 0) is 13.1 Å². The van der Waals surface area contributed by atoms with Crippen molar-refractivity contribution in [2.45, 2.75) is 66.7 Å². The Hall–Kier alpha value is -0.870. The molecular formula is C15H29N3O. The second-order valence-electron chi connectivity index (χ2n) is 5.69. The summed E-state index contributed by atoms with van der Waals surface area (Å²) in [5, 5.41) is 17.4. The van der Waals surface area contributed by atoms with Gasteiger partial charge in [0.25, 0.3) is 0 Å². The van der Waals surface area contributed by atoms with Crippen LogP contribution in [0.4, 0.5) is 0 Å². The Morgan fingerprint density at radius 2 is 2.00 bits per heavy atom. The van der Waals surface area contributed by atoms with E-state index >= 15 is 0 Å². The average Bonchev–Trinajstić information content (AvgIpc) is 2.56. The van der Waals surface area contributed by atoms with E-state index in [0.29, 0.717) is 5.92 Å². The molecule has 0 saturated heterocycles. The molecule has 0 fully saturated rings. The van der Waals surface area contributed by atoms with Crippen molar-refractivity contribution in [1.82, 2.24) is 15.1 Å². The van der Waals surface area contributed by atoms with Crippen LogP contribution in [0.15, 0.2) is 0 Å². The monoisotopic (exact) mass is 267 g/mol. The SMILES string of the molecule is CCCn1nc(C)c(CNCC(C)CC(C)O)c1C. The Labute approximate surface area is 117 Å². The second kappa shape index (κ2) is 7.65. The molecule has 4 heteroatoms. The van der Waals surface area contributed by atoms with Gasteiger partial charge in [-0.1, -0.05) is 13.8 Å². The quantitative estimate of drug-likeness (QED) is 0.760. The first-order chi connectivity index (χ1) is 8.95. The molecule has 2 N–H and O–H groups in total. The highest BCUT2D eigenvalue weighted by Crippen LogP contribution is 2.13. The minimum atomic E-state index is -0.215. The summed E-state index contributed by atoms with van der Waals surface area (Å²) in [7, 11) is 0. The van der Waals surface area contributed by atoms with Crippen LogP contribution in [0.1, 0.15) is 50.6 Å². The Kier molecular flexibility index (Phi) is 6.52. The molecule has 0 aliphatic rings. The van der Waals surface area contributed by atoms with Crippen molar-refractivity contribution in [3.63, 3.8) is 0 Å². The van der Waals surface area contributed by atoms with E-state index in [-0.39, 0.29) is 6.10 Å². The Morgan fingerprint density at radius 1 is 1.32 bits per heavy atom. The van der Waals surface area contributed by atoms with Gasteiger partial charge in [0.05, 0.1) is 11.8 Å². The lowest BCUT2D eigenvalue weighted by atomic mass is 10.0. The van der Waals surface area contributed by atoms with E-state index in [4.69, 9.17) is 0 Å². The first-order valence-corrected chi connectivity index (χ1v) is 7.37. The number of rotatable bonds is 8. The van der Waals surface area contributed by atoms with Gasteiger partial charge < -0.3 is 10.4 Å². The topological polar surface area (TPSA) is 50.1 Å². The predicted octanol–water partition coefficient (Wildman–Crippen LogP) is 2.41. The van der Waals surface area contributed by atoms with Gasteiger partial charge in [-0.2, -0.15) is 5.10 Å². The van der Waals surface area contributed by atoms with E-state index in [1.165, 1.54) is 11.3 Å². The summed E-state index contributed by atoms with van der Waals surface area (Å²) in [6, 6.07) is 0. The average molecular weight is 267 g/mol. The fourth-order valence-electron chi connectivity index (χ4n) is 2.53. The molecule has 0 amide bonds. The van der Waals surface area contributed by atoms with Crippen LogP contribution >= 0.6 is 0 Å². The number of nitrogens with zero attached hydrogens (tertiary/aromatic N) is 2. The van der Waals surface area contributed by atoms with E-state index in [1.807, 2.05) is 6.92 Å². The summed E-state index contributed by atoms with van der Waals surface area (Å²) < 4.78 is 2.10. The zero-order valence-electron chi connectivity index (χ0n) is 13.0. The number of hydrogen-bond donors (Lipinski definition) is 2. The Bertz CT molecular complexity index is 385. The van der Waals surface area contributed by atoms with Gasteiger partial charge in [-0.25, -0.2) is 0 Å². The third-order valence-corrected chi connectivity index (χ3v) is 3.50. The first-order valence-electron chi connectivity index (χ1n) is 7.37. The lowest BCUT2D eigenvalue weighted by molar-refractivity contribution is 0.163. The van der Waals surface area contributed by atoms with Gasteiger partial charge in [-0.3, -0.25) is 4.68 Å². The van der Waals surface area contributed by atoms with Gasteiger partial charge in [-0.15, -0.1) is 0 Å². The largest absolute Gasteiger partial charge is 0.393 e. The summed E-state index contributed by atoms with van der Waals surface area (Å²) in [4.78, 5) is 0. The van der Waals surface area contributed by atoms with Crippen molar-refractivity contribution in [3.8, 4) is 0 Å². The lowest BCUT2D eigenvalue weighted by Gasteiger charge is -2.14. The van der Waals surface area contributed by atoms with Crippen LogP contribution in [0.2, 0.25) is 0 Å². The maximum Gasteiger partial charge on any atom is 0.0641 e. The van der Waals surface area contributed by atoms with E-state index in [0.717, 1.165) is 38.2 Å². The molecule has 19 heavy (non-hydrogen) atoms. The minimum Gasteiger partial charge on any atom is -0.393 e. The fraction of sp³-hybridized carbons (Fsp3) is 0.800. The molecule has 110 valence electrons. The molecule has 2 unspecified atom stereocenters. The van der Waals surface area contributed by atoms with Crippen molar-refractivity contribution in [2.75, 3.05) is 6.54 Å². The van der Waals surface area contributed by atoms with E-state index in [1.54, 1.807) is 0 Å². The number of aromatic nitrogens is 2. The summed E-state index contributed by atoms with van der Waals surface area (Å²) in [6.45, 7) is 13.2. The number of aliphatic hydroxyl groups is 1. The Morgan fingerprint density at radius 3 is 2.58 bits per heavy atom. The van der Waals surface area contributed by atoms with Crippen LogP contribution in [0.25, 0.3) is 0 Å². The number of aliphatic hydroxyl groups excluding tert-OH is 1. The van der Waals surface area contributed by atoms with Gasteiger partial charge in [0, 0.05) is 24.3 Å². The Balaban J connectivity index is 2.49. The molecule has 4 nitrogen and oxygen atoms in total. The predicted molar refractivity (Wildman–Crippen MR) is 79.2 cm³/mol. The molecule has 2 atom stereocenters. The molecule has 1 aromatic rings. The zero-order chi connectivity index (χ0) is 14.4. The van der Waals surface area contributed by atoms with Gasteiger partial charge in [0.2, 0.25) is 0 Å². The highest BCUT2D eigenvalue weighted by atomic mass is 16.3. The van der Waals surface area contributed by atoms with Gasteiger partial charge in [0.1, 0.15) is 0 Å². The zero-order valence-corrected chi connectivity index (χ0v) is 13.0. The van der Waals surface area contributed by atoms with Gasteiger partial charge >= 0.3 is 0 Å². The molecule has 0 saturated carbocycles. The third kappa shape index (κ3) is 4.96.